The highest BCUT2D eigenvalue weighted by atomic mass is 32.2. The highest BCUT2D eigenvalue weighted by Crippen LogP contribution is 2.11. The van der Waals surface area contributed by atoms with Crippen molar-refractivity contribution >= 4 is 9.84 Å². The Balaban J connectivity index is 2.35. The van der Waals surface area contributed by atoms with E-state index in [9.17, 15) is 17.2 Å². The molecule has 0 aromatic heterocycles. The summed E-state index contributed by atoms with van der Waals surface area (Å²) >= 11 is 0. The summed E-state index contributed by atoms with van der Waals surface area (Å²) in [6.07, 6.45) is -1.17. The molecule has 78 valence electrons. The maximum atomic E-state index is 11.8. The zero-order chi connectivity index (χ0) is 9.90. The van der Waals surface area contributed by atoms with Gasteiger partial charge in [-0.3, -0.25) is 0 Å². The Kier molecular flexibility index (Phi) is 3.61. The van der Waals surface area contributed by atoms with Gasteiger partial charge in [0.1, 0.15) is 0 Å². The Morgan fingerprint density at radius 1 is 1.46 bits per heavy atom. The van der Waals surface area contributed by atoms with Gasteiger partial charge in [0.25, 0.3) is 6.43 Å². The second-order valence-corrected chi connectivity index (χ2v) is 5.48. The number of alkyl halides is 2. The number of sulfone groups is 1. The fourth-order valence-electron chi connectivity index (χ4n) is 1.44. The van der Waals surface area contributed by atoms with Gasteiger partial charge in [0, 0.05) is 6.04 Å². The Hall–Kier alpha value is -0.230. The van der Waals surface area contributed by atoms with Gasteiger partial charge >= 0.3 is 0 Å². The van der Waals surface area contributed by atoms with E-state index in [1.807, 2.05) is 0 Å². The molecule has 0 radical (unpaired) electrons. The predicted octanol–water partition coefficient (Wildman–Crippen LogP) is 0.418. The van der Waals surface area contributed by atoms with Crippen LogP contribution in [0.25, 0.3) is 0 Å². The van der Waals surface area contributed by atoms with Crippen LogP contribution < -0.4 is 5.32 Å². The lowest BCUT2D eigenvalue weighted by Gasteiger charge is -2.22. The van der Waals surface area contributed by atoms with Crippen LogP contribution in [0.1, 0.15) is 12.8 Å². The standard InChI is InChI=1S/C7H13F2NO2S/c8-7(9)4-10-6-2-1-3-13(11,12)5-6/h6-7,10H,1-5H2. The number of halogens is 2. The molecule has 0 saturated carbocycles. The minimum atomic E-state index is -2.99. The Morgan fingerprint density at radius 2 is 2.15 bits per heavy atom. The maximum absolute atomic E-state index is 11.8. The minimum absolute atomic E-state index is 0.000278. The van der Waals surface area contributed by atoms with Gasteiger partial charge in [0.2, 0.25) is 0 Å². The van der Waals surface area contributed by atoms with Crippen LogP contribution in [0, 0.1) is 0 Å². The van der Waals surface area contributed by atoms with Crippen molar-refractivity contribution in [2.24, 2.45) is 0 Å². The highest BCUT2D eigenvalue weighted by Gasteiger charge is 2.24. The summed E-state index contributed by atoms with van der Waals surface area (Å²) in [6.45, 7) is -0.416. The zero-order valence-corrected chi connectivity index (χ0v) is 7.99. The largest absolute Gasteiger partial charge is 0.308 e. The molecule has 1 fully saturated rings. The van der Waals surface area contributed by atoms with Crippen LogP contribution in [0.15, 0.2) is 0 Å². The lowest BCUT2D eigenvalue weighted by molar-refractivity contribution is 0.141. The molecule has 1 aliphatic rings. The van der Waals surface area contributed by atoms with Gasteiger partial charge in [-0.2, -0.15) is 0 Å². The van der Waals surface area contributed by atoms with Crippen molar-refractivity contribution in [3.05, 3.63) is 0 Å². The van der Waals surface area contributed by atoms with Crippen molar-refractivity contribution in [3.63, 3.8) is 0 Å². The van der Waals surface area contributed by atoms with E-state index < -0.39 is 22.8 Å². The van der Waals surface area contributed by atoms with E-state index in [0.717, 1.165) is 0 Å². The second kappa shape index (κ2) is 4.32. The van der Waals surface area contributed by atoms with E-state index >= 15 is 0 Å². The lowest BCUT2D eigenvalue weighted by atomic mass is 10.2. The zero-order valence-electron chi connectivity index (χ0n) is 7.17. The van der Waals surface area contributed by atoms with Gasteiger partial charge in [-0.25, -0.2) is 17.2 Å². The van der Waals surface area contributed by atoms with E-state index in [2.05, 4.69) is 5.32 Å². The van der Waals surface area contributed by atoms with E-state index in [-0.39, 0.29) is 17.5 Å². The number of hydrogen-bond acceptors (Lipinski definition) is 3. The van der Waals surface area contributed by atoms with E-state index in [0.29, 0.717) is 12.8 Å². The van der Waals surface area contributed by atoms with Gasteiger partial charge in [-0.1, -0.05) is 0 Å². The van der Waals surface area contributed by atoms with Crippen molar-refractivity contribution in [1.82, 2.24) is 5.32 Å². The monoisotopic (exact) mass is 213 g/mol. The van der Waals surface area contributed by atoms with E-state index in [4.69, 9.17) is 0 Å². The Labute approximate surface area is 76.4 Å². The third-order valence-corrected chi connectivity index (χ3v) is 3.84. The van der Waals surface area contributed by atoms with Gasteiger partial charge in [-0.15, -0.1) is 0 Å². The number of rotatable bonds is 3. The first-order chi connectivity index (χ1) is 5.99. The quantitative estimate of drug-likeness (QED) is 0.739. The van der Waals surface area contributed by atoms with E-state index in [1.165, 1.54) is 0 Å². The molecule has 0 amide bonds. The molecular formula is C7H13F2NO2S. The molecule has 0 aromatic rings. The fraction of sp³-hybridized carbons (Fsp3) is 1.00. The Morgan fingerprint density at radius 3 is 2.69 bits per heavy atom. The summed E-state index contributed by atoms with van der Waals surface area (Å²) in [5.74, 6) is 0.194. The van der Waals surface area contributed by atoms with Crippen molar-refractivity contribution < 1.29 is 17.2 Å². The predicted molar refractivity (Wildman–Crippen MR) is 45.7 cm³/mol. The fourth-order valence-corrected chi connectivity index (χ4v) is 3.11. The summed E-state index contributed by atoms with van der Waals surface area (Å²) < 4.78 is 45.7. The van der Waals surface area contributed by atoms with Crippen molar-refractivity contribution in [3.8, 4) is 0 Å². The molecular weight excluding hydrogens is 200 g/mol. The first-order valence-corrected chi connectivity index (χ1v) is 6.04. The molecule has 1 rings (SSSR count). The minimum Gasteiger partial charge on any atom is -0.308 e. The van der Waals surface area contributed by atoms with Crippen LogP contribution in [-0.2, 0) is 9.84 Å². The SMILES string of the molecule is O=S1(=O)CCCC(NCC(F)F)C1. The van der Waals surface area contributed by atoms with Crippen molar-refractivity contribution in [1.29, 1.82) is 0 Å². The van der Waals surface area contributed by atoms with Crippen molar-refractivity contribution in [2.75, 3.05) is 18.1 Å². The molecule has 0 spiro atoms. The molecule has 1 N–H and O–H groups in total. The molecule has 3 nitrogen and oxygen atoms in total. The maximum Gasteiger partial charge on any atom is 0.250 e. The molecule has 1 unspecified atom stereocenters. The molecule has 1 saturated heterocycles. The molecule has 1 heterocycles. The normalized spacial score (nSPS) is 27.8. The molecule has 1 aliphatic heterocycles. The summed E-state index contributed by atoms with van der Waals surface area (Å²) in [5.41, 5.74) is 0. The Bertz CT molecular complexity index is 253. The number of hydrogen-bond donors (Lipinski definition) is 1. The van der Waals surface area contributed by atoms with Crippen LogP contribution in [-0.4, -0.2) is 38.9 Å². The van der Waals surface area contributed by atoms with Gasteiger partial charge in [0.05, 0.1) is 18.1 Å². The molecule has 6 heteroatoms. The second-order valence-electron chi connectivity index (χ2n) is 3.25. The highest BCUT2D eigenvalue weighted by molar-refractivity contribution is 7.91. The molecule has 0 bridgehead atoms. The molecule has 13 heavy (non-hydrogen) atoms. The summed E-state index contributed by atoms with van der Waals surface area (Å²) in [5, 5.41) is 2.55. The van der Waals surface area contributed by atoms with Gasteiger partial charge in [0.15, 0.2) is 9.84 Å². The van der Waals surface area contributed by atoms with E-state index in [1.54, 1.807) is 0 Å². The van der Waals surface area contributed by atoms with Crippen LogP contribution in [0.3, 0.4) is 0 Å². The molecule has 0 aromatic carbocycles. The lowest BCUT2D eigenvalue weighted by Crippen LogP contribution is -2.42. The smallest absolute Gasteiger partial charge is 0.250 e. The van der Waals surface area contributed by atoms with Gasteiger partial charge < -0.3 is 5.32 Å². The third kappa shape index (κ3) is 3.99. The average Bonchev–Trinajstić information content (AvgIpc) is 1.99. The summed E-state index contributed by atoms with van der Waals surface area (Å²) in [4.78, 5) is 0. The van der Waals surface area contributed by atoms with Crippen LogP contribution in [0.2, 0.25) is 0 Å². The first-order valence-electron chi connectivity index (χ1n) is 4.21. The summed E-state index contributed by atoms with van der Waals surface area (Å²) in [7, 11) is -2.99. The van der Waals surface area contributed by atoms with Crippen molar-refractivity contribution in [2.45, 2.75) is 25.3 Å². The first kappa shape index (κ1) is 10.8. The third-order valence-electron chi connectivity index (χ3n) is 2.02. The van der Waals surface area contributed by atoms with Crippen LogP contribution in [0.5, 0.6) is 0 Å². The molecule has 1 atom stereocenters. The topological polar surface area (TPSA) is 46.2 Å². The van der Waals surface area contributed by atoms with Gasteiger partial charge in [-0.05, 0) is 12.8 Å². The summed E-state index contributed by atoms with van der Waals surface area (Å²) in [6, 6.07) is -0.284. The number of nitrogens with one attached hydrogen (secondary N) is 1. The van der Waals surface area contributed by atoms with Crippen LogP contribution in [0.4, 0.5) is 8.78 Å². The van der Waals surface area contributed by atoms with Crippen LogP contribution >= 0.6 is 0 Å². The average molecular weight is 213 g/mol. The molecule has 0 aliphatic carbocycles.